The van der Waals surface area contributed by atoms with Gasteiger partial charge in [0.05, 0.1) is 13.2 Å². The number of hydrogen-bond donors (Lipinski definition) is 1. The lowest BCUT2D eigenvalue weighted by Gasteiger charge is -2.16. The Balaban J connectivity index is 1.66. The van der Waals surface area contributed by atoms with Gasteiger partial charge in [-0.05, 0) is 42.0 Å². The summed E-state index contributed by atoms with van der Waals surface area (Å²) in [6, 6.07) is 11.5. The summed E-state index contributed by atoms with van der Waals surface area (Å²) >= 11 is 0. The van der Waals surface area contributed by atoms with Crippen molar-refractivity contribution >= 4 is 16.7 Å². The molecule has 1 aromatic heterocycles. The highest BCUT2D eigenvalue weighted by atomic mass is 16.5. The third-order valence-electron chi connectivity index (χ3n) is 4.04. The van der Waals surface area contributed by atoms with Gasteiger partial charge >= 0.3 is 0 Å². The number of carbonyl (C=O) groups excluding carboxylic acids is 1. The molecule has 0 unspecified atom stereocenters. The SMILES string of the molecule is COc1ccc2ccc(OCc3nc(C(=O)N(C)C[C@@H](C)O)co3)cc2c1. The minimum atomic E-state index is -0.611. The number of aliphatic hydroxyl groups is 1. The lowest BCUT2D eigenvalue weighted by molar-refractivity contribution is 0.0698. The maximum atomic E-state index is 12.2. The quantitative estimate of drug-likeness (QED) is 0.688. The number of amides is 1. The standard InChI is InChI=1S/C20H22N2O5/c1-13(23)10-22(2)20(24)18-11-27-19(21-18)12-26-17-7-5-14-4-6-16(25-3)8-15(14)9-17/h4-9,11,13,23H,10,12H2,1-3H3/t13-/m1/s1. The second-order valence-corrected chi connectivity index (χ2v) is 6.32. The van der Waals surface area contributed by atoms with Crippen molar-refractivity contribution in [3.8, 4) is 11.5 Å². The summed E-state index contributed by atoms with van der Waals surface area (Å²) in [5.41, 5.74) is 0.181. The summed E-state index contributed by atoms with van der Waals surface area (Å²) in [5, 5.41) is 11.4. The zero-order valence-corrected chi connectivity index (χ0v) is 15.5. The zero-order chi connectivity index (χ0) is 19.4. The molecule has 142 valence electrons. The number of carbonyl (C=O) groups is 1. The lowest BCUT2D eigenvalue weighted by Crippen LogP contribution is -2.33. The van der Waals surface area contributed by atoms with Crippen LogP contribution >= 0.6 is 0 Å². The molecule has 7 heteroatoms. The van der Waals surface area contributed by atoms with Crippen molar-refractivity contribution in [3.05, 3.63) is 54.2 Å². The van der Waals surface area contributed by atoms with E-state index in [1.807, 2.05) is 36.4 Å². The molecule has 0 aliphatic rings. The number of fused-ring (bicyclic) bond motifs is 1. The molecule has 27 heavy (non-hydrogen) atoms. The van der Waals surface area contributed by atoms with Crippen molar-refractivity contribution in [1.82, 2.24) is 9.88 Å². The van der Waals surface area contributed by atoms with Gasteiger partial charge in [-0.2, -0.15) is 0 Å². The lowest BCUT2D eigenvalue weighted by atomic mass is 10.1. The van der Waals surface area contributed by atoms with Gasteiger partial charge in [0.15, 0.2) is 12.3 Å². The van der Waals surface area contributed by atoms with Crippen molar-refractivity contribution in [3.63, 3.8) is 0 Å². The van der Waals surface area contributed by atoms with E-state index in [2.05, 4.69) is 4.98 Å². The van der Waals surface area contributed by atoms with Crippen LogP contribution in [0.2, 0.25) is 0 Å². The monoisotopic (exact) mass is 370 g/mol. The molecule has 0 radical (unpaired) electrons. The molecular weight excluding hydrogens is 348 g/mol. The van der Waals surface area contributed by atoms with Crippen molar-refractivity contribution in [2.45, 2.75) is 19.6 Å². The maximum Gasteiger partial charge on any atom is 0.275 e. The maximum absolute atomic E-state index is 12.2. The van der Waals surface area contributed by atoms with Gasteiger partial charge < -0.3 is 23.9 Å². The van der Waals surface area contributed by atoms with Crippen LogP contribution < -0.4 is 9.47 Å². The fraction of sp³-hybridized carbons (Fsp3) is 0.300. The smallest absolute Gasteiger partial charge is 0.275 e. The minimum absolute atomic E-state index is 0.100. The molecule has 3 rings (SSSR count). The summed E-state index contributed by atoms with van der Waals surface area (Å²) in [7, 11) is 3.23. The predicted molar refractivity (Wildman–Crippen MR) is 100.0 cm³/mol. The Morgan fingerprint density at radius 2 is 1.93 bits per heavy atom. The molecule has 1 N–H and O–H groups in total. The van der Waals surface area contributed by atoms with Gasteiger partial charge in [-0.3, -0.25) is 4.79 Å². The van der Waals surface area contributed by atoms with Gasteiger partial charge in [-0.15, -0.1) is 0 Å². The van der Waals surface area contributed by atoms with Crippen LogP contribution in [0.4, 0.5) is 0 Å². The summed E-state index contributed by atoms with van der Waals surface area (Å²) in [4.78, 5) is 17.8. The molecule has 0 aliphatic carbocycles. The average Bonchev–Trinajstić information content (AvgIpc) is 3.13. The Hall–Kier alpha value is -3.06. The van der Waals surface area contributed by atoms with Gasteiger partial charge in [0.1, 0.15) is 17.8 Å². The fourth-order valence-electron chi connectivity index (χ4n) is 2.71. The number of oxazole rings is 1. The van der Waals surface area contributed by atoms with Gasteiger partial charge in [0.25, 0.3) is 5.91 Å². The second-order valence-electron chi connectivity index (χ2n) is 6.32. The van der Waals surface area contributed by atoms with E-state index in [0.29, 0.717) is 11.6 Å². The van der Waals surface area contributed by atoms with Crippen LogP contribution in [-0.4, -0.2) is 47.7 Å². The van der Waals surface area contributed by atoms with Crippen molar-refractivity contribution < 1.29 is 23.8 Å². The van der Waals surface area contributed by atoms with Crippen molar-refractivity contribution in [1.29, 1.82) is 0 Å². The number of hydrogen-bond acceptors (Lipinski definition) is 6. The van der Waals surface area contributed by atoms with E-state index in [9.17, 15) is 9.90 Å². The number of aliphatic hydroxyl groups excluding tert-OH is 1. The molecule has 0 aliphatic heterocycles. The van der Waals surface area contributed by atoms with Crippen LogP contribution in [0.1, 0.15) is 23.3 Å². The van der Waals surface area contributed by atoms with E-state index in [1.165, 1.54) is 11.2 Å². The number of likely N-dealkylation sites (N-methyl/N-ethyl adjacent to an activating group) is 1. The molecule has 0 bridgehead atoms. The molecule has 0 saturated heterocycles. The number of rotatable bonds is 7. The van der Waals surface area contributed by atoms with Crippen LogP contribution in [0, 0.1) is 0 Å². The highest BCUT2D eigenvalue weighted by Crippen LogP contribution is 2.25. The highest BCUT2D eigenvalue weighted by molar-refractivity contribution is 5.91. The molecule has 1 amide bonds. The average molecular weight is 370 g/mol. The first-order valence-corrected chi connectivity index (χ1v) is 8.55. The third-order valence-corrected chi connectivity index (χ3v) is 4.04. The summed E-state index contributed by atoms with van der Waals surface area (Å²) in [6.45, 7) is 1.94. The van der Waals surface area contributed by atoms with Gasteiger partial charge in [0, 0.05) is 13.6 Å². The van der Waals surface area contributed by atoms with E-state index in [1.54, 1.807) is 21.1 Å². The highest BCUT2D eigenvalue weighted by Gasteiger charge is 2.18. The van der Waals surface area contributed by atoms with E-state index in [-0.39, 0.29) is 24.8 Å². The van der Waals surface area contributed by atoms with Gasteiger partial charge in [-0.1, -0.05) is 12.1 Å². The number of methoxy groups -OCH3 is 1. The Bertz CT molecular complexity index is 935. The first-order valence-electron chi connectivity index (χ1n) is 8.55. The number of benzene rings is 2. The molecule has 7 nitrogen and oxygen atoms in total. The van der Waals surface area contributed by atoms with Crippen molar-refractivity contribution in [2.75, 3.05) is 20.7 Å². The molecule has 0 fully saturated rings. The van der Waals surface area contributed by atoms with E-state index in [4.69, 9.17) is 13.9 Å². The Morgan fingerprint density at radius 3 is 2.63 bits per heavy atom. The molecule has 3 aromatic rings. The van der Waals surface area contributed by atoms with Crippen LogP contribution in [-0.2, 0) is 6.61 Å². The zero-order valence-electron chi connectivity index (χ0n) is 15.5. The molecule has 0 spiro atoms. The molecule has 2 aromatic carbocycles. The third kappa shape index (κ3) is 4.57. The van der Waals surface area contributed by atoms with Crippen LogP contribution in [0.15, 0.2) is 47.1 Å². The second kappa shape index (κ2) is 8.09. The van der Waals surface area contributed by atoms with Gasteiger partial charge in [-0.25, -0.2) is 4.98 Å². The van der Waals surface area contributed by atoms with Crippen molar-refractivity contribution in [2.24, 2.45) is 0 Å². The summed E-state index contributed by atoms with van der Waals surface area (Å²) in [6.07, 6.45) is 0.686. The van der Waals surface area contributed by atoms with E-state index >= 15 is 0 Å². The fourth-order valence-corrected chi connectivity index (χ4v) is 2.71. The Labute approximate surface area is 157 Å². The Morgan fingerprint density at radius 1 is 1.22 bits per heavy atom. The first-order chi connectivity index (χ1) is 13.0. The molecule has 1 atom stereocenters. The number of ether oxygens (including phenoxy) is 2. The summed E-state index contributed by atoms with van der Waals surface area (Å²) < 4.78 is 16.3. The topological polar surface area (TPSA) is 85.0 Å². The molecule has 0 saturated carbocycles. The predicted octanol–water partition coefficient (Wildman–Crippen LogP) is 2.87. The largest absolute Gasteiger partial charge is 0.497 e. The number of aromatic nitrogens is 1. The molecular formula is C20H22N2O5. The van der Waals surface area contributed by atoms with E-state index in [0.717, 1.165) is 16.5 Å². The minimum Gasteiger partial charge on any atom is -0.497 e. The normalized spacial score (nSPS) is 12.0. The van der Waals surface area contributed by atoms with Crippen LogP contribution in [0.5, 0.6) is 11.5 Å². The first kappa shape index (κ1) is 18.7. The molecule has 1 heterocycles. The summed E-state index contributed by atoms with van der Waals surface area (Å²) in [5.74, 6) is 1.42. The van der Waals surface area contributed by atoms with Crippen LogP contribution in [0.3, 0.4) is 0 Å². The van der Waals surface area contributed by atoms with E-state index < -0.39 is 6.10 Å². The van der Waals surface area contributed by atoms with Crippen LogP contribution in [0.25, 0.3) is 10.8 Å². The number of nitrogens with zero attached hydrogens (tertiary/aromatic N) is 2. The Kier molecular flexibility index (Phi) is 5.61. The van der Waals surface area contributed by atoms with Gasteiger partial charge in [0.2, 0.25) is 5.89 Å².